The highest BCUT2D eigenvalue weighted by molar-refractivity contribution is 6.25. The van der Waals surface area contributed by atoms with E-state index in [1.165, 1.54) is 7.11 Å². The van der Waals surface area contributed by atoms with Crippen LogP contribution in [-0.4, -0.2) is 24.6 Å². The van der Waals surface area contributed by atoms with Gasteiger partial charge in [0, 0.05) is 34.0 Å². The van der Waals surface area contributed by atoms with E-state index in [-0.39, 0.29) is 5.78 Å². The van der Waals surface area contributed by atoms with Crippen molar-refractivity contribution in [2.24, 2.45) is 10.9 Å². The molecule has 0 saturated carbocycles. The van der Waals surface area contributed by atoms with Gasteiger partial charge in [-0.2, -0.15) is 0 Å². The number of carbonyl (C=O) groups is 2. The van der Waals surface area contributed by atoms with Crippen molar-refractivity contribution in [3.8, 4) is 0 Å². The van der Waals surface area contributed by atoms with Crippen molar-refractivity contribution in [1.82, 2.24) is 0 Å². The number of ketones is 1. The number of ether oxygens (including phenoxy) is 1. The molecule has 0 bridgehead atoms. The van der Waals surface area contributed by atoms with Crippen LogP contribution in [0.1, 0.15) is 39.9 Å². The molecule has 0 radical (unpaired) electrons. The smallest absolute Gasteiger partial charge is 0.315 e. The number of aliphatic imine (C=N–C) groups is 1. The largest absolute Gasteiger partial charge is 0.468 e. The first-order chi connectivity index (χ1) is 14.9. The van der Waals surface area contributed by atoms with Crippen LogP contribution in [0.15, 0.2) is 65.2 Å². The molecule has 1 aliphatic carbocycles. The fourth-order valence-corrected chi connectivity index (χ4v) is 4.93. The van der Waals surface area contributed by atoms with E-state index in [0.29, 0.717) is 28.2 Å². The van der Waals surface area contributed by atoms with Crippen molar-refractivity contribution in [1.29, 1.82) is 0 Å². The molecule has 154 valence electrons. The molecule has 5 nitrogen and oxygen atoms in total. The maximum absolute atomic E-state index is 13.6. The van der Waals surface area contributed by atoms with Gasteiger partial charge in [0.15, 0.2) is 5.78 Å². The van der Waals surface area contributed by atoms with Crippen LogP contribution in [0.4, 0.5) is 5.69 Å². The van der Waals surface area contributed by atoms with Gasteiger partial charge < -0.3 is 10.5 Å². The average molecular weight is 410 g/mol. The molecule has 1 aliphatic heterocycles. The van der Waals surface area contributed by atoms with Gasteiger partial charge in [-0.25, -0.2) is 0 Å². The minimum Gasteiger partial charge on any atom is -0.468 e. The molecular formula is C26H22N2O3. The van der Waals surface area contributed by atoms with E-state index in [0.717, 1.165) is 27.5 Å². The molecule has 0 fully saturated rings. The van der Waals surface area contributed by atoms with Crippen LogP contribution in [0, 0.1) is 12.8 Å². The van der Waals surface area contributed by atoms with Crippen LogP contribution >= 0.6 is 0 Å². The lowest BCUT2D eigenvalue weighted by atomic mass is 9.73. The van der Waals surface area contributed by atoms with E-state index in [9.17, 15) is 9.59 Å². The number of nitrogens with zero attached hydrogens (tertiary/aromatic N) is 1. The standard InChI is InChI=1S/C26H22N2O3/c1-13-8-10-18(17-7-5-4-6-16(13)17)22-21(26(30)31-3)14(2)28-24-19-11-9-15(27)12-20(19)25(29)23(22)24/h4-12,21-22H,27H2,1-3H3. The van der Waals surface area contributed by atoms with E-state index < -0.39 is 17.8 Å². The van der Waals surface area contributed by atoms with Crippen molar-refractivity contribution in [2.45, 2.75) is 19.8 Å². The zero-order valence-electron chi connectivity index (χ0n) is 17.6. The molecule has 2 atom stereocenters. The van der Waals surface area contributed by atoms with E-state index in [1.807, 2.05) is 43.3 Å². The molecule has 2 aliphatic rings. The number of hydrogen-bond donors (Lipinski definition) is 1. The number of benzene rings is 3. The topological polar surface area (TPSA) is 81.8 Å². The number of Topliss-reactive ketones (excluding diaryl/α,β-unsaturated/α-hetero) is 1. The fourth-order valence-electron chi connectivity index (χ4n) is 4.93. The number of methoxy groups -OCH3 is 1. The van der Waals surface area contributed by atoms with Crippen LogP contribution in [-0.2, 0) is 9.53 Å². The summed E-state index contributed by atoms with van der Waals surface area (Å²) in [4.78, 5) is 31.3. The van der Waals surface area contributed by atoms with Gasteiger partial charge in [0.1, 0.15) is 5.92 Å². The second-order valence-electron chi connectivity index (χ2n) is 8.15. The second kappa shape index (κ2) is 6.91. The van der Waals surface area contributed by atoms with E-state index in [1.54, 1.807) is 12.1 Å². The molecule has 1 heterocycles. The van der Waals surface area contributed by atoms with Crippen LogP contribution in [0.3, 0.4) is 0 Å². The molecule has 5 heteroatoms. The van der Waals surface area contributed by atoms with Gasteiger partial charge in [0.05, 0.1) is 12.8 Å². The molecule has 31 heavy (non-hydrogen) atoms. The van der Waals surface area contributed by atoms with Gasteiger partial charge >= 0.3 is 5.97 Å². The lowest BCUT2D eigenvalue weighted by Crippen LogP contribution is -2.34. The number of nitrogen functional groups attached to an aromatic ring is 1. The van der Waals surface area contributed by atoms with Crippen molar-refractivity contribution in [2.75, 3.05) is 12.8 Å². The summed E-state index contributed by atoms with van der Waals surface area (Å²) in [6.45, 7) is 3.88. The highest BCUT2D eigenvalue weighted by atomic mass is 16.5. The zero-order valence-corrected chi connectivity index (χ0v) is 17.6. The Morgan fingerprint density at radius 3 is 2.48 bits per heavy atom. The lowest BCUT2D eigenvalue weighted by Gasteiger charge is -2.31. The summed E-state index contributed by atoms with van der Waals surface area (Å²) >= 11 is 0. The molecule has 5 rings (SSSR count). The summed E-state index contributed by atoms with van der Waals surface area (Å²) in [5, 5.41) is 2.12. The number of esters is 1. The third-order valence-corrected chi connectivity index (χ3v) is 6.39. The normalized spacial score (nSPS) is 19.8. The minimum atomic E-state index is -0.675. The minimum absolute atomic E-state index is 0.128. The Balaban J connectivity index is 1.82. The average Bonchev–Trinajstić information content (AvgIpc) is 3.04. The molecule has 3 aromatic rings. The zero-order chi connectivity index (χ0) is 21.9. The number of fused-ring (bicyclic) bond motifs is 3. The van der Waals surface area contributed by atoms with Gasteiger partial charge in [0.2, 0.25) is 0 Å². The molecule has 2 N–H and O–H groups in total. The Hall–Kier alpha value is -3.73. The highest BCUT2D eigenvalue weighted by Crippen LogP contribution is 2.49. The Labute approximate surface area is 180 Å². The summed E-state index contributed by atoms with van der Waals surface area (Å²) in [5.41, 5.74) is 11.7. The van der Waals surface area contributed by atoms with Gasteiger partial charge in [-0.05, 0) is 47.9 Å². The number of nitrogens with two attached hydrogens (primary N) is 1. The van der Waals surface area contributed by atoms with Crippen molar-refractivity contribution in [3.05, 3.63) is 82.4 Å². The summed E-state index contributed by atoms with van der Waals surface area (Å²) in [6, 6.07) is 17.4. The molecule has 3 aromatic carbocycles. The van der Waals surface area contributed by atoms with Crippen LogP contribution in [0.25, 0.3) is 16.5 Å². The summed E-state index contributed by atoms with van der Waals surface area (Å²) in [7, 11) is 1.37. The number of carbonyl (C=O) groups excluding carboxylic acids is 2. The lowest BCUT2D eigenvalue weighted by molar-refractivity contribution is -0.143. The molecule has 0 spiro atoms. The molecule has 0 aromatic heterocycles. The molecule has 0 amide bonds. The van der Waals surface area contributed by atoms with Crippen LogP contribution in [0.5, 0.6) is 0 Å². The maximum Gasteiger partial charge on any atom is 0.315 e. The van der Waals surface area contributed by atoms with Crippen molar-refractivity contribution >= 4 is 39.6 Å². The predicted molar refractivity (Wildman–Crippen MR) is 122 cm³/mol. The Morgan fingerprint density at radius 1 is 1.00 bits per heavy atom. The summed E-state index contributed by atoms with van der Waals surface area (Å²) in [6.07, 6.45) is 0. The Morgan fingerprint density at radius 2 is 1.74 bits per heavy atom. The van der Waals surface area contributed by atoms with Gasteiger partial charge in [-0.15, -0.1) is 0 Å². The first kappa shape index (κ1) is 19.2. The van der Waals surface area contributed by atoms with E-state index >= 15 is 0 Å². The fraction of sp³-hybridized carbons (Fsp3) is 0.192. The van der Waals surface area contributed by atoms with Gasteiger partial charge in [0.25, 0.3) is 0 Å². The maximum atomic E-state index is 13.6. The number of allylic oxidation sites excluding steroid dienone is 1. The summed E-state index contributed by atoms with van der Waals surface area (Å²) < 4.78 is 5.15. The van der Waals surface area contributed by atoms with Crippen LogP contribution < -0.4 is 5.73 Å². The van der Waals surface area contributed by atoms with E-state index in [4.69, 9.17) is 15.5 Å². The molecule has 2 unspecified atom stereocenters. The number of aryl methyl sites for hydroxylation is 1. The quantitative estimate of drug-likeness (QED) is 0.491. The van der Waals surface area contributed by atoms with Gasteiger partial charge in [-0.1, -0.05) is 42.5 Å². The number of rotatable bonds is 2. The van der Waals surface area contributed by atoms with Crippen LogP contribution in [0.2, 0.25) is 0 Å². The predicted octanol–water partition coefficient (Wildman–Crippen LogP) is 4.69. The Bertz CT molecular complexity index is 1350. The summed E-state index contributed by atoms with van der Waals surface area (Å²) in [5.74, 6) is -1.69. The number of hydrogen-bond acceptors (Lipinski definition) is 5. The Kier molecular flexibility index (Phi) is 4.29. The van der Waals surface area contributed by atoms with Gasteiger partial charge in [-0.3, -0.25) is 14.6 Å². The van der Waals surface area contributed by atoms with E-state index in [2.05, 4.69) is 13.0 Å². The first-order valence-electron chi connectivity index (χ1n) is 10.2. The third-order valence-electron chi connectivity index (χ3n) is 6.39. The third kappa shape index (κ3) is 2.73. The van der Waals surface area contributed by atoms with Crippen molar-refractivity contribution in [3.63, 3.8) is 0 Å². The van der Waals surface area contributed by atoms with Crippen molar-refractivity contribution < 1.29 is 14.3 Å². The second-order valence-corrected chi connectivity index (χ2v) is 8.15. The SMILES string of the molecule is COC(=O)C1C(C)=NC2=C(C(=O)c3cc(N)ccc32)C1c1ccc(C)c2ccccc12. The first-order valence-corrected chi connectivity index (χ1v) is 10.2. The monoisotopic (exact) mass is 410 g/mol. The molecule has 0 saturated heterocycles. The molecular weight excluding hydrogens is 388 g/mol. The highest BCUT2D eigenvalue weighted by Gasteiger charge is 2.46. The number of anilines is 1.